The average molecular weight is 476 g/mol. The molecule has 3 aromatic carbocycles. The molecular formula is C27H29N3O5. The fourth-order valence-corrected chi connectivity index (χ4v) is 3.42. The van der Waals surface area contributed by atoms with Gasteiger partial charge in [0.1, 0.15) is 19.3 Å². The van der Waals surface area contributed by atoms with Crippen LogP contribution in [0.15, 0.2) is 78.9 Å². The molecule has 182 valence electrons. The summed E-state index contributed by atoms with van der Waals surface area (Å²) in [6.45, 7) is 0.495. The van der Waals surface area contributed by atoms with Gasteiger partial charge in [-0.3, -0.25) is 14.4 Å². The number of rotatable bonds is 13. The number of benzene rings is 3. The number of carbonyl (C=O) groups excluding carboxylic acids is 3. The summed E-state index contributed by atoms with van der Waals surface area (Å²) in [6.07, 6.45) is 0.600. The van der Waals surface area contributed by atoms with Crippen molar-refractivity contribution >= 4 is 17.7 Å². The zero-order chi connectivity index (χ0) is 25.0. The Bertz CT molecular complexity index is 1140. The number of hydrogen-bond donors (Lipinski definition) is 3. The fourth-order valence-electron chi connectivity index (χ4n) is 3.42. The molecule has 3 aromatic rings. The first-order valence-corrected chi connectivity index (χ1v) is 11.3. The quantitative estimate of drug-likeness (QED) is 0.349. The van der Waals surface area contributed by atoms with Crippen molar-refractivity contribution in [2.75, 3.05) is 0 Å². The maximum Gasteiger partial charge on any atom is 0.255 e. The predicted octanol–water partition coefficient (Wildman–Crippen LogP) is 3.08. The predicted molar refractivity (Wildman–Crippen MR) is 131 cm³/mol. The van der Waals surface area contributed by atoms with Gasteiger partial charge in [-0.2, -0.15) is 0 Å². The van der Waals surface area contributed by atoms with E-state index in [0.29, 0.717) is 12.2 Å². The number of ether oxygens (including phenoxy) is 2. The highest BCUT2D eigenvalue weighted by atomic mass is 16.5. The van der Waals surface area contributed by atoms with Gasteiger partial charge < -0.3 is 26.3 Å². The van der Waals surface area contributed by atoms with E-state index in [0.717, 1.165) is 11.1 Å². The lowest BCUT2D eigenvalue weighted by molar-refractivity contribution is -0.121. The van der Waals surface area contributed by atoms with E-state index in [4.69, 9.17) is 20.9 Å². The number of carbonyl (C=O) groups is 3. The normalized spacial score (nSPS) is 11.3. The number of nitrogens with one attached hydrogen (secondary N) is 1. The molecule has 5 N–H and O–H groups in total. The molecule has 8 heteroatoms. The minimum absolute atomic E-state index is 0.0912. The summed E-state index contributed by atoms with van der Waals surface area (Å²) < 4.78 is 12.1. The van der Waals surface area contributed by atoms with Crippen LogP contribution in [0.25, 0.3) is 0 Å². The molecular weight excluding hydrogens is 446 g/mol. The van der Waals surface area contributed by atoms with Gasteiger partial charge in [-0.25, -0.2) is 0 Å². The molecule has 0 aliphatic carbocycles. The van der Waals surface area contributed by atoms with Gasteiger partial charge in [-0.05, 0) is 36.1 Å². The van der Waals surface area contributed by atoms with Crippen molar-refractivity contribution in [3.05, 3.63) is 95.6 Å². The molecule has 0 saturated carbocycles. The van der Waals surface area contributed by atoms with E-state index in [1.165, 1.54) is 0 Å². The molecule has 0 radical (unpaired) electrons. The van der Waals surface area contributed by atoms with Crippen molar-refractivity contribution in [2.24, 2.45) is 11.5 Å². The summed E-state index contributed by atoms with van der Waals surface area (Å²) in [7, 11) is 0. The standard InChI is InChI=1S/C27H29N3O5/c28-24(31)16-8-14-22(26(29)32)30-27(33)21-13-7-15-23(34-17-19-9-3-1-4-10-19)25(21)35-18-20-11-5-2-6-12-20/h1-7,9-13,15,22H,8,14,16-18H2,(H2,28,31)(H2,29,32)(H,30,33)/t22-/m0/s1. The van der Waals surface area contributed by atoms with Crippen LogP contribution in [0.3, 0.4) is 0 Å². The highest BCUT2D eigenvalue weighted by molar-refractivity contribution is 6.00. The Morgan fingerprint density at radius 2 is 1.37 bits per heavy atom. The van der Waals surface area contributed by atoms with Gasteiger partial charge in [-0.1, -0.05) is 66.7 Å². The third-order valence-corrected chi connectivity index (χ3v) is 5.25. The van der Waals surface area contributed by atoms with Crippen molar-refractivity contribution in [3.63, 3.8) is 0 Å². The molecule has 0 heterocycles. The Kier molecular flexibility index (Phi) is 9.24. The maximum atomic E-state index is 13.2. The lowest BCUT2D eigenvalue weighted by Crippen LogP contribution is -2.44. The first-order valence-electron chi connectivity index (χ1n) is 11.3. The maximum absolute atomic E-state index is 13.2. The van der Waals surface area contributed by atoms with E-state index >= 15 is 0 Å². The van der Waals surface area contributed by atoms with Gasteiger partial charge in [0.15, 0.2) is 11.5 Å². The monoisotopic (exact) mass is 475 g/mol. The molecule has 35 heavy (non-hydrogen) atoms. The second kappa shape index (κ2) is 12.8. The Labute approximate surface area is 204 Å². The molecule has 0 bridgehead atoms. The Morgan fingerprint density at radius 1 is 0.771 bits per heavy atom. The zero-order valence-electron chi connectivity index (χ0n) is 19.3. The van der Waals surface area contributed by atoms with Gasteiger partial charge in [-0.15, -0.1) is 0 Å². The van der Waals surface area contributed by atoms with Crippen LogP contribution in [0.2, 0.25) is 0 Å². The molecule has 3 rings (SSSR count). The molecule has 0 aliphatic rings. The average Bonchev–Trinajstić information content (AvgIpc) is 2.86. The number of para-hydroxylation sites is 1. The highest BCUT2D eigenvalue weighted by Crippen LogP contribution is 2.33. The Hall–Kier alpha value is -4.33. The highest BCUT2D eigenvalue weighted by Gasteiger charge is 2.23. The number of nitrogens with two attached hydrogens (primary N) is 2. The second-order valence-electron chi connectivity index (χ2n) is 7.97. The lowest BCUT2D eigenvalue weighted by atomic mass is 10.1. The van der Waals surface area contributed by atoms with Gasteiger partial charge >= 0.3 is 0 Å². The van der Waals surface area contributed by atoms with E-state index < -0.39 is 23.8 Å². The lowest BCUT2D eigenvalue weighted by Gasteiger charge is -2.19. The largest absolute Gasteiger partial charge is 0.485 e. The van der Waals surface area contributed by atoms with Crippen LogP contribution in [0, 0.1) is 0 Å². The topological polar surface area (TPSA) is 134 Å². The molecule has 8 nitrogen and oxygen atoms in total. The van der Waals surface area contributed by atoms with Crippen molar-refractivity contribution in [1.29, 1.82) is 0 Å². The van der Waals surface area contributed by atoms with Crippen LogP contribution >= 0.6 is 0 Å². The zero-order valence-corrected chi connectivity index (χ0v) is 19.3. The van der Waals surface area contributed by atoms with Crippen LogP contribution in [-0.4, -0.2) is 23.8 Å². The summed E-state index contributed by atoms with van der Waals surface area (Å²) in [4.78, 5) is 36.1. The summed E-state index contributed by atoms with van der Waals surface area (Å²) in [5, 5.41) is 2.64. The number of hydrogen-bond acceptors (Lipinski definition) is 5. The second-order valence-corrected chi connectivity index (χ2v) is 7.97. The molecule has 0 unspecified atom stereocenters. The van der Waals surface area contributed by atoms with E-state index in [-0.39, 0.29) is 37.4 Å². The van der Waals surface area contributed by atoms with Crippen LogP contribution in [-0.2, 0) is 22.8 Å². The SMILES string of the molecule is NC(=O)CCC[C@H](NC(=O)c1cccc(OCc2ccccc2)c1OCc1ccccc1)C(N)=O. The van der Waals surface area contributed by atoms with Crippen LogP contribution in [0.4, 0.5) is 0 Å². The Balaban J connectivity index is 1.82. The van der Waals surface area contributed by atoms with E-state index in [1.807, 2.05) is 60.7 Å². The van der Waals surface area contributed by atoms with E-state index in [1.54, 1.807) is 18.2 Å². The van der Waals surface area contributed by atoms with Crippen molar-refractivity contribution in [3.8, 4) is 11.5 Å². The molecule has 0 fully saturated rings. The molecule has 0 aromatic heterocycles. The van der Waals surface area contributed by atoms with E-state index in [9.17, 15) is 14.4 Å². The summed E-state index contributed by atoms with van der Waals surface area (Å²) in [5.41, 5.74) is 12.7. The molecule has 3 amide bonds. The van der Waals surface area contributed by atoms with Gasteiger partial charge in [0.25, 0.3) is 5.91 Å². The number of amides is 3. The van der Waals surface area contributed by atoms with Crippen molar-refractivity contribution in [2.45, 2.75) is 38.5 Å². The first-order chi connectivity index (χ1) is 16.9. The molecule has 1 atom stereocenters. The van der Waals surface area contributed by atoms with Crippen molar-refractivity contribution < 1.29 is 23.9 Å². The van der Waals surface area contributed by atoms with Gasteiger partial charge in [0.2, 0.25) is 11.8 Å². The van der Waals surface area contributed by atoms with Crippen molar-refractivity contribution in [1.82, 2.24) is 5.32 Å². The third kappa shape index (κ3) is 7.89. The summed E-state index contributed by atoms with van der Waals surface area (Å²) >= 11 is 0. The molecule has 0 spiro atoms. The van der Waals surface area contributed by atoms with E-state index in [2.05, 4.69) is 5.32 Å². The fraction of sp³-hybridized carbons (Fsp3) is 0.222. The minimum Gasteiger partial charge on any atom is -0.485 e. The summed E-state index contributed by atoms with van der Waals surface area (Å²) in [6, 6.07) is 23.2. The Morgan fingerprint density at radius 3 is 1.94 bits per heavy atom. The summed E-state index contributed by atoms with van der Waals surface area (Å²) in [5.74, 6) is -1.08. The first kappa shape index (κ1) is 25.3. The third-order valence-electron chi connectivity index (χ3n) is 5.25. The minimum atomic E-state index is -0.960. The van der Waals surface area contributed by atoms with Crippen LogP contribution in [0.5, 0.6) is 11.5 Å². The number of primary amides is 2. The van der Waals surface area contributed by atoms with Gasteiger partial charge in [0.05, 0.1) is 5.56 Å². The van der Waals surface area contributed by atoms with Gasteiger partial charge in [0, 0.05) is 6.42 Å². The molecule has 0 saturated heterocycles. The smallest absolute Gasteiger partial charge is 0.255 e. The van der Waals surface area contributed by atoms with Crippen LogP contribution in [0.1, 0.15) is 40.7 Å². The van der Waals surface area contributed by atoms with Crippen LogP contribution < -0.4 is 26.3 Å². The molecule has 0 aliphatic heterocycles.